The minimum atomic E-state index is -0.0867. The molecule has 2 aromatic carbocycles. The number of thioether (sulfide) groups is 1. The third kappa shape index (κ3) is 4.63. The smallest absolute Gasteiger partial charge is 0.230 e. The number of aromatic nitrogens is 2. The molecule has 0 aliphatic carbocycles. The Morgan fingerprint density at radius 3 is 2.76 bits per heavy atom. The molecule has 0 saturated carbocycles. The zero-order chi connectivity index (χ0) is 17.8. The van der Waals surface area contributed by atoms with Gasteiger partial charge in [0, 0.05) is 22.0 Å². The van der Waals surface area contributed by atoms with Gasteiger partial charge in [-0.2, -0.15) is 0 Å². The van der Waals surface area contributed by atoms with Gasteiger partial charge in [0.25, 0.3) is 0 Å². The Kier molecular flexibility index (Phi) is 5.78. The first-order chi connectivity index (χ1) is 12.0. The Morgan fingerprint density at radius 2 is 1.96 bits per heavy atom. The maximum atomic E-state index is 12.1. The lowest BCUT2D eigenvalue weighted by Crippen LogP contribution is -2.24. The van der Waals surface area contributed by atoms with Crippen molar-refractivity contribution in [3.63, 3.8) is 0 Å². The zero-order valence-electron chi connectivity index (χ0n) is 13.4. The van der Waals surface area contributed by atoms with Crippen molar-refractivity contribution >= 4 is 51.8 Å². The fourth-order valence-electron chi connectivity index (χ4n) is 2.31. The maximum absolute atomic E-state index is 12.1. The van der Waals surface area contributed by atoms with Crippen LogP contribution in [0.2, 0.25) is 10.0 Å². The first-order valence-electron chi connectivity index (χ1n) is 7.60. The molecule has 0 aliphatic heterocycles. The van der Waals surface area contributed by atoms with E-state index in [4.69, 9.17) is 23.2 Å². The number of carbonyl (C=O) groups is 1. The molecule has 0 aliphatic rings. The number of aryl methyl sites for hydroxylation is 1. The highest BCUT2D eigenvalue weighted by molar-refractivity contribution is 8.00. The number of para-hydroxylation sites is 1. The minimum Gasteiger partial charge on any atom is -0.351 e. The van der Waals surface area contributed by atoms with E-state index in [1.165, 1.54) is 11.8 Å². The molecule has 4 nitrogen and oxygen atoms in total. The van der Waals surface area contributed by atoms with E-state index < -0.39 is 0 Å². The molecular formula is C18H15Cl2N3OS. The molecule has 0 fully saturated rings. The van der Waals surface area contributed by atoms with Crippen LogP contribution in [0.5, 0.6) is 0 Å². The summed E-state index contributed by atoms with van der Waals surface area (Å²) in [7, 11) is 0. The third-order valence-corrected chi connectivity index (χ3v) is 5.09. The topological polar surface area (TPSA) is 54.9 Å². The lowest BCUT2D eigenvalue weighted by atomic mass is 10.2. The molecule has 0 saturated heterocycles. The van der Waals surface area contributed by atoms with Gasteiger partial charge in [-0.25, -0.2) is 9.97 Å². The third-order valence-electron chi connectivity index (χ3n) is 3.51. The SMILES string of the molecule is Cc1nc(SCC(=O)NCc2ccc(Cl)cc2Cl)c2ccccc2n1. The number of fused-ring (bicyclic) bond motifs is 1. The predicted molar refractivity (Wildman–Crippen MR) is 103 cm³/mol. The number of hydrogen-bond donors (Lipinski definition) is 1. The summed E-state index contributed by atoms with van der Waals surface area (Å²) in [5.74, 6) is 0.872. The van der Waals surface area contributed by atoms with E-state index in [1.807, 2.05) is 31.2 Å². The summed E-state index contributed by atoms with van der Waals surface area (Å²) in [6.07, 6.45) is 0. The molecule has 0 bridgehead atoms. The van der Waals surface area contributed by atoms with Crippen molar-refractivity contribution < 1.29 is 4.79 Å². The number of benzene rings is 2. The molecule has 0 unspecified atom stereocenters. The molecule has 0 radical (unpaired) electrons. The second kappa shape index (κ2) is 8.04. The molecule has 1 amide bonds. The Labute approximate surface area is 160 Å². The molecule has 1 heterocycles. The molecule has 1 aromatic heterocycles. The number of halogens is 2. The molecule has 0 atom stereocenters. The van der Waals surface area contributed by atoms with Crippen LogP contribution >= 0.6 is 35.0 Å². The second-order valence-corrected chi connectivity index (χ2v) is 7.20. The minimum absolute atomic E-state index is 0.0867. The van der Waals surface area contributed by atoms with Crippen LogP contribution in [-0.4, -0.2) is 21.6 Å². The van der Waals surface area contributed by atoms with Crippen LogP contribution in [0.4, 0.5) is 0 Å². The number of nitrogens with zero attached hydrogens (tertiary/aromatic N) is 2. The van der Waals surface area contributed by atoms with Crippen molar-refractivity contribution in [2.24, 2.45) is 0 Å². The number of rotatable bonds is 5. The monoisotopic (exact) mass is 391 g/mol. The molecule has 3 aromatic rings. The van der Waals surface area contributed by atoms with Gasteiger partial charge in [0.2, 0.25) is 5.91 Å². The largest absolute Gasteiger partial charge is 0.351 e. The molecule has 3 rings (SSSR count). The van der Waals surface area contributed by atoms with Gasteiger partial charge in [-0.1, -0.05) is 59.2 Å². The number of carbonyl (C=O) groups excluding carboxylic acids is 1. The molecule has 25 heavy (non-hydrogen) atoms. The van der Waals surface area contributed by atoms with Gasteiger partial charge in [-0.15, -0.1) is 0 Å². The quantitative estimate of drug-likeness (QED) is 0.507. The first kappa shape index (κ1) is 18.0. The van der Waals surface area contributed by atoms with E-state index in [9.17, 15) is 4.79 Å². The summed E-state index contributed by atoms with van der Waals surface area (Å²) in [5, 5.41) is 5.73. The second-order valence-electron chi connectivity index (χ2n) is 5.39. The van der Waals surface area contributed by atoms with Crippen molar-refractivity contribution in [2.75, 3.05) is 5.75 Å². The van der Waals surface area contributed by atoms with E-state index in [-0.39, 0.29) is 11.7 Å². The number of nitrogens with one attached hydrogen (secondary N) is 1. The highest BCUT2D eigenvalue weighted by Gasteiger charge is 2.10. The standard InChI is InChI=1S/C18H15Cl2N3OS/c1-11-22-16-5-3-2-4-14(16)18(23-11)25-10-17(24)21-9-12-6-7-13(19)8-15(12)20/h2-8H,9-10H2,1H3,(H,21,24). The normalized spacial score (nSPS) is 10.8. The fourth-order valence-corrected chi connectivity index (χ4v) is 3.68. The van der Waals surface area contributed by atoms with Crippen molar-refractivity contribution in [2.45, 2.75) is 18.5 Å². The van der Waals surface area contributed by atoms with Gasteiger partial charge < -0.3 is 5.32 Å². The zero-order valence-corrected chi connectivity index (χ0v) is 15.8. The van der Waals surface area contributed by atoms with Crippen LogP contribution in [0.15, 0.2) is 47.5 Å². The van der Waals surface area contributed by atoms with Gasteiger partial charge in [-0.3, -0.25) is 4.79 Å². The summed E-state index contributed by atoms with van der Waals surface area (Å²) in [6, 6.07) is 13.0. The van der Waals surface area contributed by atoms with Crippen molar-refractivity contribution in [3.05, 3.63) is 63.9 Å². The Hall–Kier alpha value is -1.82. The Balaban J connectivity index is 1.63. The van der Waals surface area contributed by atoms with E-state index in [1.54, 1.807) is 18.2 Å². The van der Waals surface area contributed by atoms with Gasteiger partial charge >= 0.3 is 0 Å². The molecule has 0 spiro atoms. The number of hydrogen-bond acceptors (Lipinski definition) is 4. The molecular weight excluding hydrogens is 377 g/mol. The molecule has 1 N–H and O–H groups in total. The van der Waals surface area contributed by atoms with Crippen LogP contribution in [0.25, 0.3) is 10.9 Å². The summed E-state index contributed by atoms with van der Waals surface area (Å²) in [6.45, 7) is 2.21. The maximum Gasteiger partial charge on any atom is 0.230 e. The van der Waals surface area contributed by atoms with Crippen LogP contribution < -0.4 is 5.32 Å². The first-order valence-corrected chi connectivity index (χ1v) is 9.34. The summed E-state index contributed by atoms with van der Waals surface area (Å²) in [4.78, 5) is 21.0. The van der Waals surface area contributed by atoms with E-state index in [2.05, 4.69) is 15.3 Å². The van der Waals surface area contributed by atoms with Gasteiger partial charge in [-0.05, 0) is 30.7 Å². The summed E-state index contributed by atoms with van der Waals surface area (Å²) >= 11 is 13.4. The lowest BCUT2D eigenvalue weighted by Gasteiger charge is -2.08. The Bertz CT molecular complexity index is 933. The average Bonchev–Trinajstić information content (AvgIpc) is 2.58. The van der Waals surface area contributed by atoms with E-state index in [0.717, 1.165) is 21.5 Å². The van der Waals surface area contributed by atoms with Gasteiger partial charge in [0.05, 0.1) is 11.3 Å². The van der Waals surface area contributed by atoms with Gasteiger partial charge in [0.1, 0.15) is 10.9 Å². The summed E-state index contributed by atoms with van der Waals surface area (Å²) < 4.78 is 0. The van der Waals surface area contributed by atoms with Crippen LogP contribution in [0, 0.1) is 6.92 Å². The van der Waals surface area contributed by atoms with E-state index >= 15 is 0 Å². The molecule has 128 valence electrons. The van der Waals surface area contributed by atoms with Crippen LogP contribution in [0.1, 0.15) is 11.4 Å². The van der Waals surface area contributed by atoms with Crippen molar-refractivity contribution in [1.29, 1.82) is 0 Å². The average molecular weight is 392 g/mol. The Morgan fingerprint density at radius 1 is 1.16 bits per heavy atom. The molecule has 7 heteroatoms. The highest BCUT2D eigenvalue weighted by Crippen LogP contribution is 2.25. The van der Waals surface area contributed by atoms with E-state index in [0.29, 0.717) is 22.4 Å². The highest BCUT2D eigenvalue weighted by atomic mass is 35.5. The summed E-state index contributed by atoms with van der Waals surface area (Å²) in [5.41, 5.74) is 1.71. The number of amides is 1. The fraction of sp³-hybridized carbons (Fsp3) is 0.167. The van der Waals surface area contributed by atoms with Crippen LogP contribution in [0.3, 0.4) is 0 Å². The van der Waals surface area contributed by atoms with Crippen molar-refractivity contribution in [1.82, 2.24) is 15.3 Å². The van der Waals surface area contributed by atoms with Gasteiger partial charge in [0.15, 0.2) is 0 Å². The predicted octanol–water partition coefficient (Wildman–Crippen LogP) is 4.65. The van der Waals surface area contributed by atoms with Crippen molar-refractivity contribution in [3.8, 4) is 0 Å². The van der Waals surface area contributed by atoms with Crippen LogP contribution in [-0.2, 0) is 11.3 Å². The lowest BCUT2D eigenvalue weighted by molar-refractivity contribution is -0.118.